The zero-order chi connectivity index (χ0) is 26.9. The summed E-state index contributed by atoms with van der Waals surface area (Å²) in [6.07, 6.45) is 2.32. The molecule has 0 radical (unpaired) electrons. The Kier molecular flexibility index (Phi) is 9.13. The first-order chi connectivity index (χ1) is 17.8. The number of nitro benzene ring substituents is 1. The number of nitrogens with one attached hydrogen (secondary N) is 1. The molecule has 0 aliphatic heterocycles. The van der Waals surface area contributed by atoms with Crippen molar-refractivity contribution in [2.45, 2.75) is 27.2 Å². The van der Waals surface area contributed by atoms with Gasteiger partial charge in [0.25, 0.3) is 11.6 Å². The summed E-state index contributed by atoms with van der Waals surface area (Å²) in [5.41, 5.74) is 1.58. The van der Waals surface area contributed by atoms with Gasteiger partial charge in [-0.15, -0.1) is 11.3 Å². The second kappa shape index (κ2) is 12.5. The highest BCUT2D eigenvalue weighted by molar-refractivity contribution is 7.17. The molecule has 0 atom stereocenters. The summed E-state index contributed by atoms with van der Waals surface area (Å²) >= 11 is 1.15. The van der Waals surface area contributed by atoms with Crippen molar-refractivity contribution in [1.29, 1.82) is 5.26 Å². The zero-order valence-corrected chi connectivity index (χ0v) is 21.4. The van der Waals surface area contributed by atoms with Crippen LogP contribution in [0.2, 0.25) is 0 Å². The summed E-state index contributed by atoms with van der Waals surface area (Å²) in [5, 5.41) is 23.6. The molecule has 37 heavy (non-hydrogen) atoms. The first kappa shape index (κ1) is 27.1. The van der Waals surface area contributed by atoms with Crippen LogP contribution in [0.25, 0.3) is 17.2 Å². The Morgan fingerprint density at radius 2 is 1.81 bits per heavy atom. The Morgan fingerprint density at radius 1 is 1.14 bits per heavy atom. The van der Waals surface area contributed by atoms with Gasteiger partial charge in [-0.3, -0.25) is 14.9 Å². The highest BCUT2D eigenvalue weighted by Crippen LogP contribution is 2.41. The number of hydrogen-bond acceptors (Lipinski definition) is 8. The number of hydrogen-bond donors (Lipinski definition) is 1. The van der Waals surface area contributed by atoms with Gasteiger partial charge in [-0.05, 0) is 61.7 Å². The maximum Gasteiger partial charge on any atom is 0.341 e. The molecule has 1 N–H and O–H groups in total. The molecule has 0 fully saturated rings. The highest BCUT2D eigenvalue weighted by Gasteiger charge is 2.26. The summed E-state index contributed by atoms with van der Waals surface area (Å²) in [6, 6.07) is 14.7. The average molecular weight is 520 g/mol. The molecule has 0 bridgehead atoms. The van der Waals surface area contributed by atoms with Crippen LogP contribution in [0, 0.1) is 28.4 Å². The molecule has 0 aliphatic carbocycles. The minimum Gasteiger partial charge on any atom is -0.494 e. The standard InChI is InChI=1S/C27H25N3O6S/c1-4-14-36-22-12-6-18(7-13-22)15-20(16-28)25(31)29-26-24(27(32)35-5-2)23(17(3)37-26)19-8-10-21(11-9-19)30(33)34/h6-13,15H,4-5,14H2,1-3H3,(H,29,31)/b20-15+. The van der Waals surface area contributed by atoms with E-state index in [1.165, 1.54) is 30.3 Å². The second-order valence-electron chi connectivity index (χ2n) is 7.80. The van der Waals surface area contributed by atoms with E-state index in [9.17, 15) is 25.0 Å². The van der Waals surface area contributed by atoms with Gasteiger partial charge in [-0.2, -0.15) is 5.26 Å². The van der Waals surface area contributed by atoms with E-state index in [0.717, 1.165) is 17.8 Å². The number of ether oxygens (including phenoxy) is 2. The molecule has 190 valence electrons. The molecule has 3 rings (SSSR count). The number of aryl methyl sites for hydroxylation is 1. The maximum atomic E-state index is 13.0. The summed E-state index contributed by atoms with van der Waals surface area (Å²) in [5.74, 6) is -0.648. The lowest BCUT2D eigenvalue weighted by Crippen LogP contribution is -2.16. The fraction of sp³-hybridized carbons (Fsp3) is 0.222. The molecule has 0 aliphatic rings. The molecule has 10 heteroatoms. The molecule has 9 nitrogen and oxygen atoms in total. The highest BCUT2D eigenvalue weighted by atomic mass is 32.1. The molecule has 1 amide bonds. The smallest absolute Gasteiger partial charge is 0.341 e. The van der Waals surface area contributed by atoms with Crippen molar-refractivity contribution in [3.05, 3.63) is 80.2 Å². The Bertz CT molecular complexity index is 1370. The number of amides is 1. The van der Waals surface area contributed by atoms with E-state index in [1.54, 1.807) is 38.1 Å². The van der Waals surface area contributed by atoms with Gasteiger partial charge in [-0.25, -0.2) is 4.79 Å². The number of thiophene rings is 1. The Hall–Kier alpha value is -4.49. The summed E-state index contributed by atoms with van der Waals surface area (Å²) in [4.78, 5) is 37.1. The number of carbonyl (C=O) groups excluding carboxylic acids is 2. The third-order valence-corrected chi connectivity index (χ3v) is 6.21. The van der Waals surface area contributed by atoms with Gasteiger partial charge in [0.05, 0.1) is 18.1 Å². The van der Waals surface area contributed by atoms with Crippen LogP contribution in [0.15, 0.2) is 54.1 Å². The zero-order valence-electron chi connectivity index (χ0n) is 20.6. The molecule has 0 saturated carbocycles. The van der Waals surface area contributed by atoms with Crippen molar-refractivity contribution in [3.63, 3.8) is 0 Å². The maximum absolute atomic E-state index is 13.0. The quantitative estimate of drug-likeness (QED) is 0.112. The lowest BCUT2D eigenvalue weighted by atomic mass is 10.0. The van der Waals surface area contributed by atoms with Crippen LogP contribution in [0.5, 0.6) is 5.75 Å². The molecule has 1 aromatic heterocycles. The van der Waals surface area contributed by atoms with E-state index in [0.29, 0.717) is 33.9 Å². The van der Waals surface area contributed by atoms with Gasteiger partial charge in [0.1, 0.15) is 28.0 Å². The Balaban J connectivity index is 1.94. The van der Waals surface area contributed by atoms with E-state index in [2.05, 4.69) is 5.32 Å². The van der Waals surface area contributed by atoms with Gasteiger partial charge < -0.3 is 14.8 Å². The van der Waals surface area contributed by atoms with Crippen LogP contribution < -0.4 is 10.1 Å². The van der Waals surface area contributed by atoms with Gasteiger partial charge in [-0.1, -0.05) is 19.1 Å². The van der Waals surface area contributed by atoms with Crippen molar-refractivity contribution in [2.24, 2.45) is 0 Å². The number of nitro groups is 1. The lowest BCUT2D eigenvalue weighted by Gasteiger charge is -2.09. The minimum atomic E-state index is -0.684. The number of non-ortho nitro benzene ring substituents is 1. The van der Waals surface area contributed by atoms with Crippen LogP contribution in [-0.2, 0) is 9.53 Å². The van der Waals surface area contributed by atoms with E-state index in [1.807, 2.05) is 13.0 Å². The first-order valence-electron chi connectivity index (χ1n) is 11.5. The predicted octanol–water partition coefficient (Wildman–Crippen LogP) is 6.14. The van der Waals surface area contributed by atoms with Crippen LogP contribution in [0.4, 0.5) is 10.7 Å². The Morgan fingerprint density at radius 3 is 2.38 bits per heavy atom. The number of rotatable bonds is 10. The minimum absolute atomic E-state index is 0.0865. The number of nitrogens with zero attached hydrogens (tertiary/aromatic N) is 2. The topological polar surface area (TPSA) is 132 Å². The lowest BCUT2D eigenvalue weighted by molar-refractivity contribution is -0.384. The second-order valence-corrected chi connectivity index (χ2v) is 9.03. The molecule has 0 spiro atoms. The fourth-order valence-corrected chi connectivity index (χ4v) is 4.55. The predicted molar refractivity (Wildman–Crippen MR) is 142 cm³/mol. The van der Waals surface area contributed by atoms with Gasteiger partial charge in [0.15, 0.2) is 0 Å². The van der Waals surface area contributed by atoms with Crippen molar-refractivity contribution >= 4 is 40.0 Å². The SMILES string of the molecule is CCCOc1ccc(/C=C(\C#N)C(=O)Nc2sc(C)c(-c3ccc([N+](=O)[O-])cc3)c2C(=O)OCC)cc1. The monoisotopic (exact) mass is 519 g/mol. The number of benzene rings is 2. The van der Waals surface area contributed by atoms with Crippen LogP contribution in [0.3, 0.4) is 0 Å². The van der Waals surface area contributed by atoms with Gasteiger partial charge in [0.2, 0.25) is 0 Å². The summed E-state index contributed by atoms with van der Waals surface area (Å²) in [6.45, 7) is 6.14. The molecule has 0 saturated heterocycles. The van der Waals surface area contributed by atoms with E-state index in [-0.39, 0.29) is 28.4 Å². The molecule has 2 aromatic carbocycles. The third kappa shape index (κ3) is 6.59. The summed E-state index contributed by atoms with van der Waals surface area (Å²) < 4.78 is 10.8. The van der Waals surface area contributed by atoms with Crippen molar-refractivity contribution in [2.75, 3.05) is 18.5 Å². The van der Waals surface area contributed by atoms with Crippen LogP contribution in [-0.4, -0.2) is 30.0 Å². The first-order valence-corrected chi connectivity index (χ1v) is 12.3. The van der Waals surface area contributed by atoms with Gasteiger partial charge in [0, 0.05) is 22.6 Å². The molecule has 0 unspecified atom stereocenters. The van der Waals surface area contributed by atoms with Crippen molar-refractivity contribution in [3.8, 4) is 22.9 Å². The number of anilines is 1. The van der Waals surface area contributed by atoms with Crippen molar-refractivity contribution < 1.29 is 24.0 Å². The summed E-state index contributed by atoms with van der Waals surface area (Å²) in [7, 11) is 0. The average Bonchev–Trinajstić information content (AvgIpc) is 3.22. The van der Waals surface area contributed by atoms with Gasteiger partial charge >= 0.3 is 5.97 Å². The van der Waals surface area contributed by atoms with Crippen molar-refractivity contribution in [1.82, 2.24) is 0 Å². The molecular weight excluding hydrogens is 494 g/mol. The number of carbonyl (C=O) groups is 2. The number of esters is 1. The van der Waals surface area contributed by atoms with E-state index >= 15 is 0 Å². The van der Waals surface area contributed by atoms with E-state index < -0.39 is 16.8 Å². The largest absolute Gasteiger partial charge is 0.494 e. The molecule has 1 heterocycles. The molecule has 3 aromatic rings. The van der Waals surface area contributed by atoms with Crippen LogP contribution in [0.1, 0.15) is 41.1 Å². The Labute approximate surface area is 218 Å². The van der Waals surface area contributed by atoms with E-state index in [4.69, 9.17) is 9.47 Å². The fourth-order valence-electron chi connectivity index (χ4n) is 3.49. The normalized spacial score (nSPS) is 10.9. The number of nitriles is 1. The molecular formula is C27H25N3O6S. The third-order valence-electron chi connectivity index (χ3n) is 5.19. The van der Waals surface area contributed by atoms with Crippen LogP contribution >= 0.6 is 11.3 Å².